The van der Waals surface area contributed by atoms with Crippen LogP contribution in [-0.2, 0) is 7.05 Å². The van der Waals surface area contributed by atoms with Crippen molar-refractivity contribution in [2.24, 2.45) is 7.05 Å². The van der Waals surface area contributed by atoms with Gasteiger partial charge in [-0.2, -0.15) is 0 Å². The van der Waals surface area contributed by atoms with Gasteiger partial charge in [0.25, 0.3) is 0 Å². The van der Waals surface area contributed by atoms with Gasteiger partial charge in [-0.15, -0.1) is 10.2 Å². The minimum atomic E-state index is 0.422. The van der Waals surface area contributed by atoms with Crippen LogP contribution < -0.4 is 0 Å². The van der Waals surface area contributed by atoms with Gasteiger partial charge in [0.1, 0.15) is 12.2 Å². The summed E-state index contributed by atoms with van der Waals surface area (Å²) in [5.74, 6) is 1.06. The molecule has 0 aliphatic carbocycles. The van der Waals surface area contributed by atoms with E-state index in [-0.39, 0.29) is 0 Å². The molecule has 66 valence electrons. The van der Waals surface area contributed by atoms with Crippen LogP contribution in [-0.4, -0.2) is 32.8 Å². The van der Waals surface area contributed by atoms with E-state index in [1.165, 1.54) is 19.5 Å². The van der Waals surface area contributed by atoms with Crippen molar-refractivity contribution < 1.29 is 0 Å². The Morgan fingerprint density at radius 2 is 2.25 bits per heavy atom. The average Bonchev–Trinajstić information content (AvgIpc) is 2.31. The standard InChI is InChI=1S/C8H14N4/c1-7(12-4-3-5-12)8-10-9-6-11(8)2/h6-7H,3-5H2,1-2H3. The van der Waals surface area contributed by atoms with Crippen LogP contribution in [0.15, 0.2) is 6.33 Å². The van der Waals surface area contributed by atoms with Crippen molar-refractivity contribution in [3.63, 3.8) is 0 Å². The summed E-state index contributed by atoms with van der Waals surface area (Å²) in [5.41, 5.74) is 0. The van der Waals surface area contributed by atoms with Gasteiger partial charge in [-0.3, -0.25) is 4.90 Å². The van der Waals surface area contributed by atoms with E-state index in [9.17, 15) is 0 Å². The van der Waals surface area contributed by atoms with Crippen molar-refractivity contribution in [3.05, 3.63) is 12.2 Å². The van der Waals surface area contributed by atoms with E-state index in [0.717, 1.165) is 5.82 Å². The maximum atomic E-state index is 4.09. The van der Waals surface area contributed by atoms with E-state index in [1.807, 2.05) is 11.6 Å². The summed E-state index contributed by atoms with van der Waals surface area (Å²) in [4.78, 5) is 2.41. The summed E-state index contributed by atoms with van der Waals surface area (Å²) >= 11 is 0. The summed E-state index contributed by atoms with van der Waals surface area (Å²) < 4.78 is 1.99. The largest absolute Gasteiger partial charge is 0.319 e. The number of aryl methyl sites for hydroxylation is 1. The van der Waals surface area contributed by atoms with Crippen molar-refractivity contribution in [2.45, 2.75) is 19.4 Å². The highest BCUT2D eigenvalue weighted by Crippen LogP contribution is 2.22. The third-order valence-electron chi connectivity index (χ3n) is 2.56. The molecule has 0 amide bonds. The summed E-state index contributed by atoms with van der Waals surface area (Å²) in [7, 11) is 1.99. The number of likely N-dealkylation sites (tertiary alicyclic amines) is 1. The molecule has 1 unspecified atom stereocenters. The third kappa shape index (κ3) is 1.12. The molecule has 1 aromatic rings. The Morgan fingerprint density at radius 1 is 1.50 bits per heavy atom. The van der Waals surface area contributed by atoms with Crippen LogP contribution in [0, 0.1) is 0 Å². The highest BCUT2D eigenvalue weighted by atomic mass is 15.3. The molecule has 1 atom stereocenters. The fraction of sp³-hybridized carbons (Fsp3) is 0.750. The van der Waals surface area contributed by atoms with Gasteiger partial charge in [-0.25, -0.2) is 0 Å². The lowest BCUT2D eigenvalue weighted by Gasteiger charge is -2.35. The quantitative estimate of drug-likeness (QED) is 0.644. The number of hydrogen-bond donors (Lipinski definition) is 0. The van der Waals surface area contributed by atoms with Gasteiger partial charge in [-0.05, 0) is 13.3 Å². The van der Waals surface area contributed by atoms with E-state index in [4.69, 9.17) is 0 Å². The second-order valence-electron chi connectivity index (χ2n) is 3.37. The fourth-order valence-corrected chi connectivity index (χ4v) is 1.56. The fourth-order valence-electron chi connectivity index (χ4n) is 1.56. The molecule has 0 saturated carbocycles. The first kappa shape index (κ1) is 7.73. The van der Waals surface area contributed by atoms with Crippen LogP contribution in [0.4, 0.5) is 0 Å². The van der Waals surface area contributed by atoms with Crippen LogP contribution >= 0.6 is 0 Å². The molecule has 0 radical (unpaired) electrons. The molecule has 0 aromatic carbocycles. The summed E-state index contributed by atoms with van der Waals surface area (Å²) in [6.45, 7) is 4.59. The van der Waals surface area contributed by atoms with E-state index < -0.39 is 0 Å². The van der Waals surface area contributed by atoms with Gasteiger partial charge in [0, 0.05) is 20.1 Å². The molecule has 2 heterocycles. The SMILES string of the molecule is CC(c1nncn1C)N1CCC1. The zero-order valence-electron chi connectivity index (χ0n) is 7.56. The van der Waals surface area contributed by atoms with Gasteiger partial charge in [-0.1, -0.05) is 0 Å². The Balaban J connectivity index is 2.13. The van der Waals surface area contributed by atoms with E-state index in [2.05, 4.69) is 22.0 Å². The predicted octanol–water partition coefficient (Wildman–Crippen LogP) is 0.582. The van der Waals surface area contributed by atoms with E-state index in [0.29, 0.717) is 6.04 Å². The molecule has 12 heavy (non-hydrogen) atoms. The maximum Gasteiger partial charge on any atom is 0.149 e. The van der Waals surface area contributed by atoms with Gasteiger partial charge in [0.15, 0.2) is 0 Å². The van der Waals surface area contributed by atoms with Crippen LogP contribution in [0.25, 0.3) is 0 Å². The zero-order chi connectivity index (χ0) is 8.55. The normalized spacial score (nSPS) is 20.5. The van der Waals surface area contributed by atoms with E-state index >= 15 is 0 Å². The number of hydrogen-bond acceptors (Lipinski definition) is 3. The lowest BCUT2D eigenvalue weighted by Crippen LogP contribution is -2.39. The Bertz CT molecular complexity index is 264. The second-order valence-corrected chi connectivity index (χ2v) is 3.37. The van der Waals surface area contributed by atoms with Crippen molar-refractivity contribution in [2.75, 3.05) is 13.1 Å². The van der Waals surface area contributed by atoms with Gasteiger partial charge in [0.2, 0.25) is 0 Å². The summed E-state index contributed by atoms with van der Waals surface area (Å²) in [5, 5.41) is 7.96. The monoisotopic (exact) mass is 166 g/mol. The Labute approximate surface area is 72.2 Å². The van der Waals surface area contributed by atoms with Crippen molar-refractivity contribution in [1.82, 2.24) is 19.7 Å². The topological polar surface area (TPSA) is 34.0 Å². The van der Waals surface area contributed by atoms with Crippen LogP contribution in [0.3, 0.4) is 0 Å². The van der Waals surface area contributed by atoms with Gasteiger partial charge >= 0.3 is 0 Å². The average molecular weight is 166 g/mol. The Morgan fingerprint density at radius 3 is 2.67 bits per heavy atom. The molecule has 1 aliphatic rings. The molecular weight excluding hydrogens is 152 g/mol. The molecule has 0 spiro atoms. The summed E-state index contributed by atoms with van der Waals surface area (Å²) in [6.07, 6.45) is 3.08. The maximum absolute atomic E-state index is 4.09. The molecule has 1 fully saturated rings. The molecule has 0 N–H and O–H groups in total. The molecule has 0 bridgehead atoms. The first-order chi connectivity index (χ1) is 5.79. The van der Waals surface area contributed by atoms with Crippen LogP contribution in [0.1, 0.15) is 25.2 Å². The van der Waals surface area contributed by atoms with E-state index in [1.54, 1.807) is 6.33 Å². The molecule has 1 aromatic heterocycles. The predicted molar refractivity (Wildman–Crippen MR) is 45.6 cm³/mol. The van der Waals surface area contributed by atoms with Crippen molar-refractivity contribution in [3.8, 4) is 0 Å². The molecule has 2 rings (SSSR count). The zero-order valence-corrected chi connectivity index (χ0v) is 7.56. The third-order valence-corrected chi connectivity index (χ3v) is 2.56. The lowest BCUT2D eigenvalue weighted by atomic mass is 10.1. The minimum absolute atomic E-state index is 0.422. The van der Waals surface area contributed by atoms with Crippen molar-refractivity contribution >= 4 is 0 Å². The van der Waals surface area contributed by atoms with Gasteiger partial charge < -0.3 is 4.57 Å². The highest BCUT2D eigenvalue weighted by Gasteiger charge is 2.24. The smallest absolute Gasteiger partial charge is 0.149 e. The Hall–Kier alpha value is -0.900. The Kier molecular flexibility index (Phi) is 1.84. The van der Waals surface area contributed by atoms with Crippen LogP contribution in [0.2, 0.25) is 0 Å². The number of aromatic nitrogens is 3. The van der Waals surface area contributed by atoms with Crippen molar-refractivity contribution in [1.29, 1.82) is 0 Å². The molecular formula is C8H14N4. The molecule has 1 aliphatic heterocycles. The first-order valence-corrected chi connectivity index (χ1v) is 4.37. The number of rotatable bonds is 2. The summed E-state index contributed by atoms with van der Waals surface area (Å²) in [6, 6.07) is 0.422. The van der Waals surface area contributed by atoms with Gasteiger partial charge in [0.05, 0.1) is 6.04 Å². The second kappa shape index (κ2) is 2.86. The minimum Gasteiger partial charge on any atom is -0.319 e. The molecule has 4 heteroatoms. The highest BCUT2D eigenvalue weighted by molar-refractivity contribution is 4.94. The number of nitrogens with zero attached hydrogens (tertiary/aromatic N) is 4. The first-order valence-electron chi connectivity index (χ1n) is 4.37. The molecule has 4 nitrogen and oxygen atoms in total. The molecule has 1 saturated heterocycles. The lowest BCUT2D eigenvalue weighted by molar-refractivity contribution is 0.121. The van der Waals surface area contributed by atoms with Crippen LogP contribution in [0.5, 0.6) is 0 Å².